The zero-order valence-electron chi connectivity index (χ0n) is 12.6. The molecule has 112 valence electrons. The summed E-state index contributed by atoms with van der Waals surface area (Å²) in [7, 11) is 0. The SMILES string of the molecule is CCOC(=O)c1c(NC(=O)CC(C)(C)N)sc(C)c1C. The van der Waals surface area contributed by atoms with Crippen molar-refractivity contribution in [3.63, 3.8) is 0 Å². The van der Waals surface area contributed by atoms with Gasteiger partial charge in [-0.2, -0.15) is 0 Å². The van der Waals surface area contributed by atoms with Crippen molar-refractivity contribution in [1.82, 2.24) is 0 Å². The molecule has 1 amide bonds. The van der Waals surface area contributed by atoms with Crippen LogP contribution in [-0.2, 0) is 9.53 Å². The highest BCUT2D eigenvalue weighted by Gasteiger charge is 2.23. The Hall–Kier alpha value is -1.40. The van der Waals surface area contributed by atoms with E-state index in [1.165, 1.54) is 11.3 Å². The molecule has 6 heteroatoms. The van der Waals surface area contributed by atoms with Crippen molar-refractivity contribution in [3.8, 4) is 0 Å². The summed E-state index contributed by atoms with van der Waals surface area (Å²) in [6.07, 6.45) is 0.186. The maximum absolute atomic E-state index is 12.0. The third-order valence-corrected chi connectivity index (χ3v) is 3.86. The number of ether oxygens (including phenoxy) is 1. The Morgan fingerprint density at radius 1 is 1.35 bits per heavy atom. The lowest BCUT2D eigenvalue weighted by molar-refractivity contribution is -0.117. The molecule has 5 nitrogen and oxygen atoms in total. The van der Waals surface area contributed by atoms with Gasteiger partial charge in [-0.3, -0.25) is 4.79 Å². The number of hydrogen-bond acceptors (Lipinski definition) is 5. The third-order valence-electron chi connectivity index (χ3n) is 2.73. The molecular weight excluding hydrogens is 276 g/mol. The molecule has 1 aromatic heterocycles. The number of thiophene rings is 1. The van der Waals surface area contributed by atoms with Crippen LogP contribution in [0.15, 0.2) is 0 Å². The first-order chi connectivity index (χ1) is 9.15. The van der Waals surface area contributed by atoms with Crippen LogP contribution < -0.4 is 11.1 Å². The van der Waals surface area contributed by atoms with Gasteiger partial charge in [0.25, 0.3) is 0 Å². The summed E-state index contributed by atoms with van der Waals surface area (Å²) in [6.45, 7) is 9.37. The van der Waals surface area contributed by atoms with Gasteiger partial charge in [0.05, 0.1) is 12.2 Å². The minimum atomic E-state index is -0.588. The molecule has 0 aromatic carbocycles. The van der Waals surface area contributed by atoms with E-state index < -0.39 is 11.5 Å². The number of aryl methyl sites for hydroxylation is 1. The molecule has 0 bridgehead atoms. The molecule has 0 atom stereocenters. The standard InChI is InChI=1S/C14H22N2O3S/c1-6-19-13(18)11-8(2)9(3)20-12(11)16-10(17)7-14(4,5)15/h6-7,15H2,1-5H3,(H,16,17). The van der Waals surface area contributed by atoms with E-state index in [0.717, 1.165) is 10.4 Å². The van der Waals surface area contributed by atoms with Crippen LogP contribution in [-0.4, -0.2) is 24.0 Å². The quantitative estimate of drug-likeness (QED) is 0.819. The van der Waals surface area contributed by atoms with Crippen molar-refractivity contribution in [2.24, 2.45) is 5.73 Å². The highest BCUT2D eigenvalue weighted by Crippen LogP contribution is 2.33. The minimum absolute atomic E-state index is 0.186. The van der Waals surface area contributed by atoms with Crippen LogP contribution in [0.3, 0.4) is 0 Å². The lowest BCUT2D eigenvalue weighted by Crippen LogP contribution is -2.36. The summed E-state index contributed by atoms with van der Waals surface area (Å²) in [4.78, 5) is 24.9. The molecule has 0 unspecified atom stereocenters. The predicted octanol–water partition coefficient (Wildman–Crippen LogP) is 2.61. The molecule has 20 heavy (non-hydrogen) atoms. The normalized spacial score (nSPS) is 11.3. The van der Waals surface area contributed by atoms with Gasteiger partial charge in [-0.05, 0) is 40.2 Å². The number of hydrogen-bond donors (Lipinski definition) is 2. The number of carbonyl (C=O) groups is 2. The van der Waals surface area contributed by atoms with Gasteiger partial charge in [0.1, 0.15) is 5.00 Å². The highest BCUT2D eigenvalue weighted by molar-refractivity contribution is 7.16. The number of amides is 1. The Morgan fingerprint density at radius 3 is 2.45 bits per heavy atom. The van der Waals surface area contributed by atoms with Gasteiger partial charge in [-0.1, -0.05) is 0 Å². The molecular formula is C14H22N2O3S. The molecule has 0 aliphatic carbocycles. The molecule has 0 aliphatic heterocycles. The van der Waals surface area contributed by atoms with Crippen molar-refractivity contribution in [2.45, 2.75) is 46.6 Å². The Labute approximate surface area is 123 Å². The first-order valence-electron chi connectivity index (χ1n) is 6.51. The summed E-state index contributed by atoms with van der Waals surface area (Å²) < 4.78 is 5.04. The zero-order valence-corrected chi connectivity index (χ0v) is 13.4. The van der Waals surface area contributed by atoms with E-state index in [1.807, 2.05) is 13.8 Å². The van der Waals surface area contributed by atoms with Gasteiger partial charge >= 0.3 is 5.97 Å². The van der Waals surface area contributed by atoms with Crippen molar-refractivity contribution in [1.29, 1.82) is 0 Å². The number of rotatable bonds is 5. The van der Waals surface area contributed by atoms with Crippen molar-refractivity contribution < 1.29 is 14.3 Å². The van der Waals surface area contributed by atoms with E-state index in [2.05, 4.69) is 5.32 Å². The lowest BCUT2D eigenvalue weighted by Gasteiger charge is -2.17. The van der Waals surface area contributed by atoms with E-state index in [-0.39, 0.29) is 12.3 Å². The Bertz CT molecular complexity index is 515. The first-order valence-corrected chi connectivity index (χ1v) is 7.33. The van der Waals surface area contributed by atoms with Gasteiger partial charge in [-0.15, -0.1) is 11.3 Å². The summed E-state index contributed by atoms with van der Waals surface area (Å²) in [5.41, 5.74) is 6.52. The predicted molar refractivity (Wildman–Crippen MR) is 81.3 cm³/mol. The summed E-state index contributed by atoms with van der Waals surface area (Å²) in [5.74, 6) is -0.610. The van der Waals surface area contributed by atoms with E-state index in [0.29, 0.717) is 17.2 Å². The Kier molecular flexibility index (Phi) is 5.30. The monoisotopic (exact) mass is 298 g/mol. The van der Waals surface area contributed by atoms with Crippen LogP contribution in [0, 0.1) is 13.8 Å². The molecule has 1 aromatic rings. The number of carbonyl (C=O) groups excluding carboxylic acids is 2. The van der Waals surface area contributed by atoms with Crippen LogP contribution in [0.25, 0.3) is 0 Å². The molecule has 0 radical (unpaired) electrons. The summed E-state index contributed by atoms with van der Waals surface area (Å²) in [5, 5.41) is 3.30. The van der Waals surface area contributed by atoms with Crippen LogP contribution in [0.2, 0.25) is 0 Å². The maximum Gasteiger partial charge on any atom is 0.341 e. The third kappa shape index (κ3) is 4.31. The average Bonchev–Trinajstić information content (AvgIpc) is 2.51. The van der Waals surface area contributed by atoms with Crippen molar-refractivity contribution in [2.75, 3.05) is 11.9 Å². The molecule has 0 fully saturated rings. The maximum atomic E-state index is 12.0. The smallest absolute Gasteiger partial charge is 0.341 e. The van der Waals surface area contributed by atoms with Crippen LogP contribution in [0.4, 0.5) is 5.00 Å². The van der Waals surface area contributed by atoms with Crippen LogP contribution in [0.5, 0.6) is 0 Å². The second kappa shape index (κ2) is 6.37. The number of nitrogens with two attached hydrogens (primary N) is 1. The molecule has 1 heterocycles. The van der Waals surface area contributed by atoms with Gasteiger partial charge in [0, 0.05) is 16.8 Å². The summed E-state index contributed by atoms with van der Waals surface area (Å²) >= 11 is 1.38. The number of esters is 1. The van der Waals surface area contributed by atoms with Gasteiger partial charge in [0.15, 0.2) is 0 Å². The van der Waals surface area contributed by atoms with Gasteiger partial charge in [0.2, 0.25) is 5.91 Å². The van der Waals surface area contributed by atoms with E-state index in [1.54, 1.807) is 20.8 Å². The fourth-order valence-corrected chi connectivity index (χ4v) is 2.81. The van der Waals surface area contributed by atoms with Crippen molar-refractivity contribution in [3.05, 3.63) is 16.0 Å². The van der Waals surface area contributed by atoms with E-state index >= 15 is 0 Å². The van der Waals surface area contributed by atoms with E-state index in [4.69, 9.17) is 10.5 Å². The fraction of sp³-hybridized carbons (Fsp3) is 0.571. The second-order valence-electron chi connectivity index (χ2n) is 5.42. The second-order valence-corrected chi connectivity index (χ2v) is 6.65. The molecule has 3 N–H and O–H groups in total. The van der Waals surface area contributed by atoms with Crippen LogP contribution >= 0.6 is 11.3 Å². The summed E-state index contributed by atoms with van der Waals surface area (Å²) in [6, 6.07) is 0. The van der Waals surface area contributed by atoms with Gasteiger partial charge < -0.3 is 15.8 Å². The zero-order chi connectivity index (χ0) is 15.5. The van der Waals surface area contributed by atoms with Crippen LogP contribution in [0.1, 0.15) is 48.0 Å². The average molecular weight is 298 g/mol. The topological polar surface area (TPSA) is 81.4 Å². The van der Waals surface area contributed by atoms with E-state index in [9.17, 15) is 9.59 Å². The molecule has 0 spiro atoms. The highest BCUT2D eigenvalue weighted by atomic mass is 32.1. The fourth-order valence-electron chi connectivity index (χ4n) is 1.75. The first kappa shape index (κ1) is 16.7. The Balaban J connectivity index is 2.98. The molecule has 1 rings (SSSR count). The Morgan fingerprint density at radius 2 is 1.95 bits per heavy atom. The molecule has 0 saturated heterocycles. The lowest BCUT2D eigenvalue weighted by atomic mass is 10.0. The molecule has 0 aliphatic rings. The number of nitrogens with one attached hydrogen (secondary N) is 1. The number of anilines is 1. The largest absolute Gasteiger partial charge is 0.462 e. The van der Waals surface area contributed by atoms with Gasteiger partial charge in [-0.25, -0.2) is 4.79 Å². The minimum Gasteiger partial charge on any atom is -0.462 e. The molecule has 0 saturated carbocycles. The van der Waals surface area contributed by atoms with Crippen molar-refractivity contribution >= 4 is 28.2 Å².